The van der Waals surface area contributed by atoms with E-state index in [4.69, 9.17) is 19.4 Å². The average molecular weight is 446 g/mol. The highest BCUT2D eigenvalue weighted by atomic mass is 28.3. The number of fused-ring (bicyclic) bond motifs is 1. The summed E-state index contributed by atoms with van der Waals surface area (Å²) in [5.74, 6) is 2.06. The highest BCUT2D eigenvalue weighted by Crippen LogP contribution is 2.36. The van der Waals surface area contributed by atoms with Gasteiger partial charge in [-0.25, -0.2) is 9.97 Å². The van der Waals surface area contributed by atoms with Crippen molar-refractivity contribution in [2.45, 2.75) is 70.6 Å². The molecule has 2 fully saturated rings. The highest BCUT2D eigenvalue weighted by Gasteiger charge is 2.27. The monoisotopic (exact) mass is 445 g/mol. The molecular weight excluding hydrogens is 406 g/mol. The van der Waals surface area contributed by atoms with Gasteiger partial charge in [-0.15, -0.1) is 0 Å². The predicted octanol–water partition coefficient (Wildman–Crippen LogP) is 4.05. The second-order valence-electron chi connectivity index (χ2n) is 10.4. The Hall–Kier alpha value is -1.48. The third kappa shape index (κ3) is 5.66. The minimum atomic E-state index is -1.10. The van der Waals surface area contributed by atoms with Gasteiger partial charge in [-0.05, 0) is 49.3 Å². The molecule has 4 rings (SSSR count). The quantitative estimate of drug-likeness (QED) is 0.472. The van der Waals surface area contributed by atoms with Gasteiger partial charge in [-0.2, -0.15) is 0 Å². The van der Waals surface area contributed by atoms with Gasteiger partial charge in [0.05, 0.1) is 5.39 Å². The molecule has 2 saturated heterocycles. The second kappa shape index (κ2) is 9.98. The minimum absolute atomic E-state index is 0.380. The molecule has 0 spiro atoms. The molecule has 8 heteroatoms. The van der Waals surface area contributed by atoms with E-state index in [1.54, 1.807) is 6.33 Å². The van der Waals surface area contributed by atoms with E-state index in [1.807, 2.05) is 0 Å². The lowest BCUT2D eigenvalue weighted by molar-refractivity contribution is 0.0840. The second-order valence-corrected chi connectivity index (χ2v) is 16.1. The average Bonchev–Trinajstić information content (AvgIpc) is 3.13. The Morgan fingerprint density at radius 2 is 2.03 bits per heavy atom. The van der Waals surface area contributed by atoms with Gasteiger partial charge in [0.15, 0.2) is 0 Å². The predicted molar refractivity (Wildman–Crippen MR) is 128 cm³/mol. The molecule has 2 aliphatic rings. The molecule has 0 radical (unpaired) electrons. The first-order valence-electron chi connectivity index (χ1n) is 11.9. The van der Waals surface area contributed by atoms with E-state index < -0.39 is 8.07 Å². The van der Waals surface area contributed by atoms with Gasteiger partial charge >= 0.3 is 0 Å². The third-order valence-electron chi connectivity index (χ3n) is 6.72. The van der Waals surface area contributed by atoms with E-state index in [0.717, 1.165) is 57.2 Å². The first kappa shape index (κ1) is 22.7. The van der Waals surface area contributed by atoms with Crippen LogP contribution in [0.4, 0.5) is 5.82 Å². The van der Waals surface area contributed by atoms with E-state index in [2.05, 4.69) is 48.0 Å². The van der Waals surface area contributed by atoms with Gasteiger partial charge in [0.2, 0.25) is 0 Å². The summed E-state index contributed by atoms with van der Waals surface area (Å²) < 4.78 is 13.9. The lowest BCUT2D eigenvalue weighted by Crippen LogP contribution is -2.44. The third-order valence-corrected chi connectivity index (χ3v) is 8.42. The first-order chi connectivity index (χ1) is 14.9. The molecule has 2 N–H and O–H groups in total. The van der Waals surface area contributed by atoms with Gasteiger partial charge in [-0.3, -0.25) is 0 Å². The Bertz CT molecular complexity index is 860. The molecule has 7 nitrogen and oxygen atoms in total. The number of rotatable bonds is 8. The van der Waals surface area contributed by atoms with Crippen LogP contribution < -0.4 is 10.6 Å². The van der Waals surface area contributed by atoms with E-state index in [0.29, 0.717) is 24.6 Å². The van der Waals surface area contributed by atoms with Crippen LogP contribution in [-0.4, -0.2) is 61.6 Å². The summed E-state index contributed by atoms with van der Waals surface area (Å²) in [4.78, 5) is 9.39. The zero-order chi connectivity index (χ0) is 21.8. The molecule has 2 atom stereocenters. The van der Waals surface area contributed by atoms with Crippen LogP contribution >= 0.6 is 0 Å². The van der Waals surface area contributed by atoms with Crippen LogP contribution in [0.25, 0.3) is 11.0 Å². The number of hydrogen-bond acceptors (Lipinski definition) is 6. The van der Waals surface area contributed by atoms with E-state index in [-0.39, 0.29) is 0 Å². The smallest absolute Gasteiger partial charge is 0.147 e. The highest BCUT2D eigenvalue weighted by molar-refractivity contribution is 6.76. The molecule has 0 amide bonds. The maximum atomic E-state index is 6.09. The van der Waals surface area contributed by atoms with Gasteiger partial charge in [0.25, 0.3) is 0 Å². The van der Waals surface area contributed by atoms with Crippen molar-refractivity contribution in [3.8, 4) is 0 Å². The van der Waals surface area contributed by atoms with Crippen molar-refractivity contribution < 1.29 is 9.47 Å². The zero-order valence-electron chi connectivity index (χ0n) is 19.6. The first-order valence-corrected chi connectivity index (χ1v) is 15.6. The van der Waals surface area contributed by atoms with Crippen molar-refractivity contribution in [2.75, 3.05) is 38.2 Å². The van der Waals surface area contributed by atoms with Crippen LogP contribution in [0, 0.1) is 5.92 Å². The van der Waals surface area contributed by atoms with Crippen molar-refractivity contribution in [3.63, 3.8) is 0 Å². The van der Waals surface area contributed by atoms with Crippen molar-refractivity contribution in [2.24, 2.45) is 5.92 Å². The summed E-state index contributed by atoms with van der Waals surface area (Å²) in [7, 11) is -1.10. The van der Waals surface area contributed by atoms with Crippen LogP contribution in [-0.2, 0) is 16.2 Å². The molecule has 172 valence electrons. The van der Waals surface area contributed by atoms with Crippen LogP contribution in [0.5, 0.6) is 0 Å². The summed E-state index contributed by atoms with van der Waals surface area (Å²) in [5, 5.41) is 8.45. The molecule has 2 aliphatic heterocycles. The summed E-state index contributed by atoms with van der Waals surface area (Å²) in [6.45, 7) is 14.6. The van der Waals surface area contributed by atoms with Gasteiger partial charge in [0.1, 0.15) is 24.5 Å². The van der Waals surface area contributed by atoms with Crippen LogP contribution in [0.3, 0.4) is 0 Å². The molecule has 0 saturated carbocycles. The maximum Gasteiger partial charge on any atom is 0.147 e. The van der Waals surface area contributed by atoms with E-state index >= 15 is 0 Å². The summed E-state index contributed by atoms with van der Waals surface area (Å²) in [6, 6.07) is 1.55. The number of hydrogen-bond donors (Lipinski definition) is 2. The summed E-state index contributed by atoms with van der Waals surface area (Å²) >= 11 is 0. The topological polar surface area (TPSA) is 73.2 Å². The number of anilines is 1. The summed E-state index contributed by atoms with van der Waals surface area (Å²) in [6.07, 6.45) is 7.23. The lowest BCUT2D eigenvalue weighted by atomic mass is 9.91. The zero-order valence-corrected chi connectivity index (χ0v) is 20.6. The van der Waals surface area contributed by atoms with Crippen molar-refractivity contribution >= 4 is 24.9 Å². The largest absolute Gasteiger partial charge is 0.381 e. The Morgan fingerprint density at radius 1 is 1.23 bits per heavy atom. The molecular formula is C23H39N5O2Si. The van der Waals surface area contributed by atoms with Crippen LogP contribution in [0.15, 0.2) is 12.5 Å². The van der Waals surface area contributed by atoms with Gasteiger partial charge in [-0.1, -0.05) is 26.6 Å². The number of nitrogens with zero attached hydrogens (tertiary/aromatic N) is 3. The van der Waals surface area contributed by atoms with E-state index in [1.165, 1.54) is 23.4 Å². The van der Waals surface area contributed by atoms with Gasteiger partial charge in [0, 0.05) is 46.7 Å². The molecule has 31 heavy (non-hydrogen) atoms. The SMILES string of the molecule is C[C@H]1CCNC[C@@H]1Nc1ncnc2c1c(C1CCOCC1)cn2COCC[Si](C)(C)C. The number of aromatic nitrogens is 3. The molecule has 0 unspecified atom stereocenters. The summed E-state index contributed by atoms with van der Waals surface area (Å²) in [5.41, 5.74) is 2.31. The Labute approximate surface area is 187 Å². The van der Waals surface area contributed by atoms with E-state index in [9.17, 15) is 0 Å². The van der Waals surface area contributed by atoms with Crippen LogP contribution in [0.2, 0.25) is 25.7 Å². The number of nitrogens with one attached hydrogen (secondary N) is 2. The Kier molecular flexibility index (Phi) is 7.31. The number of ether oxygens (including phenoxy) is 2. The molecule has 0 aromatic carbocycles. The Balaban J connectivity index is 1.62. The Morgan fingerprint density at radius 3 is 2.77 bits per heavy atom. The maximum absolute atomic E-state index is 6.09. The molecule has 4 heterocycles. The minimum Gasteiger partial charge on any atom is -0.381 e. The standard InChI is InChI=1S/C23H39N5O2Si/c1-17-5-8-24-13-20(17)27-22-21-19(18-6-9-29-10-7-18)14-28(23(21)26-15-25-22)16-30-11-12-31(2,3)4/h14-15,17-18,20,24H,5-13,16H2,1-4H3,(H,25,26,27)/t17-,20-/m0/s1. The lowest BCUT2D eigenvalue weighted by Gasteiger charge is -2.31. The van der Waals surface area contributed by atoms with Crippen molar-refractivity contribution in [1.82, 2.24) is 19.9 Å². The molecule has 0 bridgehead atoms. The normalized spacial score (nSPS) is 23.4. The molecule has 2 aromatic heterocycles. The molecule has 0 aliphatic carbocycles. The fourth-order valence-electron chi connectivity index (χ4n) is 4.58. The fourth-order valence-corrected chi connectivity index (χ4v) is 5.34. The number of piperidine rings is 1. The molecule has 2 aromatic rings. The van der Waals surface area contributed by atoms with Crippen molar-refractivity contribution in [1.29, 1.82) is 0 Å². The fraction of sp³-hybridized carbons (Fsp3) is 0.739. The van der Waals surface area contributed by atoms with Crippen molar-refractivity contribution in [3.05, 3.63) is 18.1 Å². The van der Waals surface area contributed by atoms with Crippen LogP contribution in [0.1, 0.15) is 37.7 Å². The van der Waals surface area contributed by atoms with Gasteiger partial charge < -0.3 is 24.7 Å².